The van der Waals surface area contributed by atoms with Gasteiger partial charge in [0.2, 0.25) is 5.91 Å². The first-order chi connectivity index (χ1) is 21.6. The number of nitrogens with one attached hydrogen (secondary N) is 2. The van der Waals surface area contributed by atoms with E-state index in [4.69, 9.17) is 21.1 Å². The molecule has 45 heavy (non-hydrogen) atoms. The summed E-state index contributed by atoms with van der Waals surface area (Å²) >= 11 is 6.01. The Hall–Kier alpha value is -4.90. The second-order valence-electron chi connectivity index (χ2n) is 10.5. The van der Waals surface area contributed by atoms with Crippen molar-refractivity contribution in [3.8, 4) is 22.8 Å². The van der Waals surface area contributed by atoms with Crippen molar-refractivity contribution in [2.45, 2.75) is 52.0 Å². The number of carbonyl (C=O) groups excluding carboxylic acids is 1. The van der Waals surface area contributed by atoms with Crippen molar-refractivity contribution in [3.05, 3.63) is 105 Å². The van der Waals surface area contributed by atoms with Gasteiger partial charge in [-0.3, -0.25) is 14.9 Å². The normalized spacial score (nSPS) is 11.5. The van der Waals surface area contributed by atoms with Crippen LogP contribution in [-0.4, -0.2) is 45.1 Å². The number of imidazole rings is 1. The highest BCUT2D eigenvalue weighted by atomic mass is 35.5. The Morgan fingerprint density at radius 3 is 2.44 bits per heavy atom. The molecule has 3 aromatic carbocycles. The van der Waals surface area contributed by atoms with Gasteiger partial charge in [0.1, 0.15) is 22.9 Å². The maximum absolute atomic E-state index is 13.1. The van der Waals surface area contributed by atoms with Crippen LogP contribution in [0.1, 0.15) is 66.0 Å². The molecule has 4 aromatic rings. The highest BCUT2D eigenvalue weighted by Crippen LogP contribution is 2.28. The van der Waals surface area contributed by atoms with E-state index in [0.717, 1.165) is 18.4 Å². The summed E-state index contributed by atoms with van der Waals surface area (Å²) in [6.45, 7) is 4.63. The molecule has 1 unspecified atom stereocenters. The quantitative estimate of drug-likeness (QED) is 0.0670. The molecule has 0 bridgehead atoms. The number of ether oxygens (including phenoxy) is 2. The fourth-order valence-corrected chi connectivity index (χ4v) is 4.89. The van der Waals surface area contributed by atoms with Crippen LogP contribution < -0.4 is 14.8 Å². The number of rotatable bonds is 16. The lowest BCUT2D eigenvalue weighted by Gasteiger charge is -2.20. The van der Waals surface area contributed by atoms with Crippen LogP contribution in [0.5, 0.6) is 11.5 Å². The molecule has 0 fully saturated rings. The van der Waals surface area contributed by atoms with E-state index in [-0.39, 0.29) is 35.7 Å². The van der Waals surface area contributed by atoms with Gasteiger partial charge in [-0.2, -0.15) is 0 Å². The molecule has 12 heteroatoms. The van der Waals surface area contributed by atoms with Gasteiger partial charge < -0.3 is 24.9 Å². The summed E-state index contributed by atoms with van der Waals surface area (Å²) in [6, 6.07) is 15.7. The molecule has 4 rings (SSSR count). The number of amides is 1. The first-order valence-corrected chi connectivity index (χ1v) is 15.0. The Morgan fingerprint density at radius 2 is 1.76 bits per heavy atom. The second kappa shape index (κ2) is 15.7. The van der Waals surface area contributed by atoms with E-state index in [1.54, 1.807) is 48.7 Å². The molecule has 0 saturated carbocycles. The third-order valence-electron chi connectivity index (χ3n) is 7.08. The molecule has 0 radical (unpaired) electrons. The van der Waals surface area contributed by atoms with Gasteiger partial charge in [0.05, 0.1) is 36.1 Å². The zero-order valence-corrected chi connectivity index (χ0v) is 25.8. The molecule has 0 aliphatic carbocycles. The summed E-state index contributed by atoms with van der Waals surface area (Å²) in [4.78, 5) is 43.4. The number of carbonyl (C=O) groups is 2. The van der Waals surface area contributed by atoms with Crippen LogP contribution in [0.15, 0.2) is 66.9 Å². The van der Waals surface area contributed by atoms with Gasteiger partial charge >= 0.3 is 5.97 Å². The largest absolute Gasteiger partial charge is 0.493 e. The maximum atomic E-state index is 13.1. The first-order valence-electron chi connectivity index (χ1n) is 14.6. The number of benzene rings is 3. The molecule has 0 aliphatic rings. The number of carboxylic acids is 1. The number of non-ortho nitro benzene ring substituents is 1. The summed E-state index contributed by atoms with van der Waals surface area (Å²) in [6.07, 6.45) is 4.17. The van der Waals surface area contributed by atoms with E-state index >= 15 is 0 Å². The lowest BCUT2D eigenvalue weighted by atomic mass is 9.99. The monoisotopic (exact) mass is 634 g/mol. The van der Waals surface area contributed by atoms with Crippen molar-refractivity contribution in [2.24, 2.45) is 0 Å². The minimum atomic E-state index is -1.14. The van der Waals surface area contributed by atoms with Crippen molar-refractivity contribution in [1.82, 2.24) is 15.3 Å². The zero-order valence-electron chi connectivity index (χ0n) is 25.0. The Balaban J connectivity index is 1.50. The fraction of sp³-hybridized carbons (Fsp3) is 0.303. The summed E-state index contributed by atoms with van der Waals surface area (Å²) in [5.41, 5.74) is 2.80. The minimum Gasteiger partial charge on any atom is -0.493 e. The van der Waals surface area contributed by atoms with Crippen LogP contribution in [0.4, 0.5) is 5.69 Å². The molecular weight excluding hydrogens is 600 g/mol. The Bertz CT molecular complexity index is 1640. The van der Waals surface area contributed by atoms with Gasteiger partial charge in [0.25, 0.3) is 5.69 Å². The van der Waals surface area contributed by atoms with Crippen molar-refractivity contribution >= 4 is 29.2 Å². The average molecular weight is 635 g/mol. The Labute approximate surface area is 265 Å². The van der Waals surface area contributed by atoms with Gasteiger partial charge in [-0.05, 0) is 73.4 Å². The van der Waals surface area contributed by atoms with Crippen LogP contribution in [0.3, 0.4) is 0 Å². The number of hydrogen-bond acceptors (Lipinski definition) is 7. The SMILES string of the molecule is CCCCOc1ccc(C(Cc2ncc(-c3ccc([N+](=O)[O-])cc3)[nH]2)NC(=O)CCCOc2ccc(Cl)cc2C)cc1C(=O)O. The number of aromatic carboxylic acids is 1. The highest BCUT2D eigenvalue weighted by Gasteiger charge is 2.21. The topological polar surface area (TPSA) is 157 Å². The van der Waals surface area contributed by atoms with Gasteiger partial charge in [-0.15, -0.1) is 0 Å². The van der Waals surface area contributed by atoms with Crippen LogP contribution in [0.25, 0.3) is 11.3 Å². The third kappa shape index (κ3) is 9.29. The number of aromatic nitrogens is 2. The molecule has 1 atom stereocenters. The summed E-state index contributed by atoms with van der Waals surface area (Å²) < 4.78 is 11.5. The molecule has 0 spiro atoms. The van der Waals surface area contributed by atoms with E-state index in [1.165, 1.54) is 18.2 Å². The summed E-state index contributed by atoms with van der Waals surface area (Å²) in [7, 11) is 0. The maximum Gasteiger partial charge on any atom is 0.339 e. The van der Waals surface area contributed by atoms with Crippen LogP contribution >= 0.6 is 11.6 Å². The second-order valence-corrected chi connectivity index (χ2v) is 10.9. The predicted octanol–water partition coefficient (Wildman–Crippen LogP) is 7.08. The molecule has 1 aromatic heterocycles. The van der Waals surface area contributed by atoms with Gasteiger partial charge in [0.15, 0.2) is 0 Å². The molecular formula is C33H35ClN4O7. The molecule has 11 nitrogen and oxygen atoms in total. The number of aryl methyl sites for hydroxylation is 1. The van der Waals surface area contributed by atoms with Crippen molar-refractivity contribution in [2.75, 3.05) is 13.2 Å². The molecule has 236 valence electrons. The van der Waals surface area contributed by atoms with Crippen LogP contribution in [-0.2, 0) is 11.2 Å². The average Bonchev–Trinajstić information content (AvgIpc) is 3.48. The molecule has 0 aliphatic heterocycles. The number of carboxylic acid groups (broad SMARTS) is 1. The number of nitrogens with zero attached hydrogens (tertiary/aromatic N) is 2. The fourth-order valence-electron chi connectivity index (χ4n) is 4.66. The van der Waals surface area contributed by atoms with Gasteiger partial charge in [-0.25, -0.2) is 9.78 Å². The number of aromatic amines is 1. The smallest absolute Gasteiger partial charge is 0.339 e. The molecule has 1 amide bonds. The van der Waals surface area contributed by atoms with Crippen molar-refractivity contribution < 1.29 is 29.1 Å². The lowest BCUT2D eigenvalue weighted by Crippen LogP contribution is -2.30. The van der Waals surface area contributed by atoms with E-state index in [9.17, 15) is 24.8 Å². The molecule has 1 heterocycles. The van der Waals surface area contributed by atoms with E-state index < -0.39 is 16.9 Å². The third-order valence-corrected chi connectivity index (χ3v) is 7.32. The van der Waals surface area contributed by atoms with E-state index in [2.05, 4.69) is 15.3 Å². The molecule has 3 N–H and O–H groups in total. The van der Waals surface area contributed by atoms with Crippen molar-refractivity contribution in [1.29, 1.82) is 0 Å². The molecule has 0 saturated heterocycles. The number of nitro groups is 1. The van der Waals surface area contributed by atoms with Crippen LogP contribution in [0.2, 0.25) is 5.02 Å². The highest BCUT2D eigenvalue weighted by molar-refractivity contribution is 6.30. The van der Waals surface area contributed by atoms with Gasteiger partial charge in [0, 0.05) is 35.6 Å². The lowest BCUT2D eigenvalue weighted by molar-refractivity contribution is -0.384. The summed E-state index contributed by atoms with van der Waals surface area (Å²) in [5.74, 6) is 0.121. The number of unbranched alkanes of at least 4 members (excludes halogenated alkanes) is 1. The van der Waals surface area contributed by atoms with Crippen LogP contribution in [0, 0.1) is 17.0 Å². The van der Waals surface area contributed by atoms with E-state index in [0.29, 0.717) is 53.1 Å². The Kier molecular flexibility index (Phi) is 11.5. The zero-order chi connectivity index (χ0) is 32.3. The number of H-pyrrole nitrogens is 1. The summed E-state index contributed by atoms with van der Waals surface area (Å²) in [5, 5.41) is 24.6. The number of nitro benzene ring substituents is 1. The van der Waals surface area contributed by atoms with E-state index in [1.807, 2.05) is 13.8 Å². The Morgan fingerprint density at radius 1 is 1.04 bits per heavy atom. The minimum absolute atomic E-state index is 0.000556. The number of hydrogen-bond donors (Lipinski definition) is 3. The number of halogens is 1. The predicted molar refractivity (Wildman–Crippen MR) is 170 cm³/mol. The first kappa shape index (κ1) is 33.0. The van der Waals surface area contributed by atoms with Gasteiger partial charge in [-0.1, -0.05) is 31.0 Å². The standard InChI is InChI=1S/C33H35ClN4O7/c1-3-4-15-45-30-13-9-23(18-26(30)33(40)41)27(37-32(39)6-5-16-44-29-14-10-24(34)17-21(29)2)19-31-35-20-28(36-31)22-7-11-25(12-8-22)38(42)43/h7-14,17-18,20,27H,3-6,15-16,19H2,1-2H3,(H,35,36)(H,37,39)(H,40,41). The van der Waals surface area contributed by atoms with Crippen molar-refractivity contribution in [3.63, 3.8) is 0 Å².